The molecule has 3 rings (SSSR count). The molecule has 28 heavy (non-hydrogen) atoms. The van der Waals surface area contributed by atoms with Crippen molar-refractivity contribution in [1.29, 1.82) is 0 Å². The molecular formula is C21H28N6O. The van der Waals surface area contributed by atoms with Gasteiger partial charge in [0.1, 0.15) is 6.33 Å². The number of fused-ring (bicyclic) bond motifs is 1. The van der Waals surface area contributed by atoms with Gasteiger partial charge in [0.25, 0.3) is 5.78 Å². The van der Waals surface area contributed by atoms with Crippen LogP contribution in [-0.2, 0) is 17.8 Å². The van der Waals surface area contributed by atoms with E-state index < -0.39 is 0 Å². The number of nitrogens with zero attached hydrogens (tertiary/aromatic N) is 5. The van der Waals surface area contributed by atoms with Crippen molar-refractivity contribution in [3.05, 3.63) is 53.1 Å². The highest BCUT2D eigenvalue weighted by Crippen LogP contribution is 2.17. The molecule has 0 spiro atoms. The van der Waals surface area contributed by atoms with Gasteiger partial charge in [-0.2, -0.15) is 10.1 Å². The van der Waals surface area contributed by atoms with Crippen molar-refractivity contribution < 1.29 is 4.79 Å². The molecule has 0 saturated carbocycles. The minimum Gasteiger partial charge on any atom is -0.326 e. The number of hydrogen-bond donors (Lipinski definition) is 1. The van der Waals surface area contributed by atoms with Crippen LogP contribution in [0.4, 0.5) is 5.69 Å². The first-order chi connectivity index (χ1) is 13.5. The Bertz CT molecular complexity index is 961. The molecule has 0 bridgehead atoms. The largest absolute Gasteiger partial charge is 0.326 e. The normalized spacial score (nSPS) is 11.3. The van der Waals surface area contributed by atoms with Crippen LogP contribution in [0, 0.1) is 13.8 Å². The quantitative estimate of drug-likeness (QED) is 0.650. The van der Waals surface area contributed by atoms with Crippen molar-refractivity contribution in [3.8, 4) is 0 Å². The van der Waals surface area contributed by atoms with E-state index in [4.69, 9.17) is 0 Å². The number of hydrogen-bond acceptors (Lipinski definition) is 5. The van der Waals surface area contributed by atoms with Crippen LogP contribution in [0.3, 0.4) is 0 Å². The Labute approximate surface area is 165 Å². The molecule has 148 valence electrons. The number of rotatable bonds is 8. The summed E-state index contributed by atoms with van der Waals surface area (Å²) in [4.78, 5) is 23.4. The maximum atomic E-state index is 12.5. The van der Waals surface area contributed by atoms with Crippen molar-refractivity contribution in [1.82, 2.24) is 24.5 Å². The molecule has 3 aromatic rings. The third-order valence-electron chi connectivity index (χ3n) is 5.10. The molecule has 1 amide bonds. The second kappa shape index (κ2) is 8.93. The zero-order valence-corrected chi connectivity index (χ0v) is 17.1. The van der Waals surface area contributed by atoms with Gasteiger partial charge in [-0.1, -0.05) is 26.0 Å². The van der Waals surface area contributed by atoms with Gasteiger partial charge in [0.2, 0.25) is 5.91 Å². The van der Waals surface area contributed by atoms with E-state index in [2.05, 4.69) is 51.3 Å². The van der Waals surface area contributed by atoms with Gasteiger partial charge in [-0.3, -0.25) is 9.69 Å². The van der Waals surface area contributed by atoms with Gasteiger partial charge in [0.15, 0.2) is 0 Å². The highest BCUT2D eigenvalue weighted by Gasteiger charge is 2.13. The van der Waals surface area contributed by atoms with Gasteiger partial charge >= 0.3 is 0 Å². The van der Waals surface area contributed by atoms with Crippen molar-refractivity contribution in [2.45, 2.75) is 47.1 Å². The van der Waals surface area contributed by atoms with E-state index in [1.165, 1.54) is 11.9 Å². The minimum atomic E-state index is -0.00234. The van der Waals surface area contributed by atoms with Crippen molar-refractivity contribution in [2.24, 2.45) is 0 Å². The summed E-state index contributed by atoms with van der Waals surface area (Å²) in [6, 6.07) is 8.07. The van der Waals surface area contributed by atoms with Crippen LogP contribution in [0.2, 0.25) is 0 Å². The number of aromatic nitrogens is 4. The molecule has 7 nitrogen and oxygen atoms in total. The van der Waals surface area contributed by atoms with E-state index in [0.717, 1.165) is 42.3 Å². The third kappa shape index (κ3) is 4.54. The fourth-order valence-electron chi connectivity index (χ4n) is 3.43. The third-order valence-corrected chi connectivity index (χ3v) is 5.10. The molecular weight excluding hydrogens is 352 g/mol. The first-order valence-electron chi connectivity index (χ1n) is 9.78. The number of nitrogens with one attached hydrogen (secondary N) is 1. The highest BCUT2D eigenvalue weighted by atomic mass is 16.1. The van der Waals surface area contributed by atoms with Gasteiger partial charge < -0.3 is 5.32 Å². The first-order valence-corrected chi connectivity index (χ1v) is 9.78. The monoisotopic (exact) mass is 380 g/mol. The van der Waals surface area contributed by atoms with Gasteiger partial charge in [0.05, 0.1) is 0 Å². The molecule has 2 heterocycles. The average molecular weight is 380 g/mol. The van der Waals surface area contributed by atoms with Crippen LogP contribution in [-0.4, -0.2) is 43.5 Å². The molecule has 1 aromatic carbocycles. The summed E-state index contributed by atoms with van der Waals surface area (Å²) in [6.45, 7) is 11.2. The maximum absolute atomic E-state index is 12.5. The van der Waals surface area contributed by atoms with E-state index in [9.17, 15) is 4.79 Å². The fourth-order valence-corrected chi connectivity index (χ4v) is 3.43. The Kier molecular flexibility index (Phi) is 6.36. The summed E-state index contributed by atoms with van der Waals surface area (Å²) in [5.74, 6) is 0.589. The van der Waals surface area contributed by atoms with Gasteiger partial charge in [0, 0.05) is 30.0 Å². The molecule has 0 saturated heterocycles. The van der Waals surface area contributed by atoms with Crippen molar-refractivity contribution in [2.75, 3.05) is 18.4 Å². The first kappa shape index (κ1) is 19.9. The number of carbonyl (C=O) groups is 1. The molecule has 0 radical (unpaired) electrons. The van der Waals surface area contributed by atoms with Crippen molar-refractivity contribution >= 4 is 17.4 Å². The lowest BCUT2D eigenvalue weighted by Gasteiger charge is -2.18. The Morgan fingerprint density at radius 3 is 2.75 bits per heavy atom. The molecule has 0 aliphatic rings. The Morgan fingerprint density at radius 2 is 2.00 bits per heavy atom. The molecule has 0 unspecified atom stereocenters. The lowest BCUT2D eigenvalue weighted by molar-refractivity contribution is -0.116. The SMILES string of the molecule is CCN(CC)Cc1cccc(NC(=O)CCc2c(C)nc3ncnn3c2C)c1. The summed E-state index contributed by atoms with van der Waals surface area (Å²) in [7, 11) is 0. The zero-order valence-electron chi connectivity index (χ0n) is 17.1. The predicted octanol–water partition coefficient (Wildman–Crippen LogP) is 3.15. The average Bonchev–Trinajstić information content (AvgIpc) is 3.14. The number of carbonyl (C=O) groups excluding carboxylic acids is 1. The summed E-state index contributed by atoms with van der Waals surface area (Å²) in [6.07, 6.45) is 2.51. The Hall–Kier alpha value is -2.80. The Morgan fingerprint density at radius 1 is 1.21 bits per heavy atom. The highest BCUT2D eigenvalue weighted by molar-refractivity contribution is 5.90. The van der Waals surface area contributed by atoms with E-state index in [-0.39, 0.29) is 5.91 Å². The lowest BCUT2D eigenvalue weighted by atomic mass is 10.1. The predicted molar refractivity (Wildman–Crippen MR) is 110 cm³/mol. The number of aryl methyl sites for hydroxylation is 2. The topological polar surface area (TPSA) is 75.4 Å². The fraction of sp³-hybridized carbons (Fsp3) is 0.429. The molecule has 7 heteroatoms. The lowest BCUT2D eigenvalue weighted by Crippen LogP contribution is -2.22. The Balaban J connectivity index is 1.63. The van der Waals surface area contributed by atoms with Gasteiger partial charge in [-0.05, 0) is 56.6 Å². The second-order valence-electron chi connectivity index (χ2n) is 6.94. The maximum Gasteiger partial charge on any atom is 0.252 e. The molecule has 2 aromatic heterocycles. The molecule has 0 aliphatic heterocycles. The van der Waals surface area contributed by atoms with E-state index in [0.29, 0.717) is 18.6 Å². The van der Waals surface area contributed by atoms with E-state index >= 15 is 0 Å². The molecule has 1 N–H and O–H groups in total. The van der Waals surface area contributed by atoms with E-state index in [1.807, 2.05) is 26.0 Å². The van der Waals surface area contributed by atoms with Crippen LogP contribution >= 0.6 is 0 Å². The summed E-state index contributed by atoms with van der Waals surface area (Å²) >= 11 is 0. The van der Waals surface area contributed by atoms with Crippen LogP contribution in [0.15, 0.2) is 30.6 Å². The molecule has 0 aliphatic carbocycles. The second-order valence-corrected chi connectivity index (χ2v) is 6.94. The summed E-state index contributed by atoms with van der Waals surface area (Å²) < 4.78 is 1.72. The van der Waals surface area contributed by atoms with E-state index in [1.54, 1.807) is 4.52 Å². The number of anilines is 1. The number of benzene rings is 1. The van der Waals surface area contributed by atoms with Crippen LogP contribution in [0.25, 0.3) is 5.78 Å². The number of amides is 1. The molecule has 0 fully saturated rings. The smallest absolute Gasteiger partial charge is 0.252 e. The van der Waals surface area contributed by atoms with Crippen molar-refractivity contribution in [3.63, 3.8) is 0 Å². The zero-order chi connectivity index (χ0) is 20.1. The molecule has 0 atom stereocenters. The minimum absolute atomic E-state index is 0.00234. The summed E-state index contributed by atoms with van der Waals surface area (Å²) in [5, 5.41) is 7.22. The van der Waals surface area contributed by atoms with Gasteiger partial charge in [-0.15, -0.1) is 0 Å². The standard InChI is InChI=1S/C21H28N6O/c1-5-26(6-2)13-17-8-7-9-18(12-17)25-20(28)11-10-19-15(3)24-21-22-14-23-27(21)16(19)4/h7-9,12,14H,5-6,10-11,13H2,1-4H3,(H,25,28). The van der Waals surface area contributed by atoms with Gasteiger partial charge in [-0.25, -0.2) is 9.50 Å². The summed E-state index contributed by atoms with van der Waals surface area (Å²) in [5.41, 5.74) is 4.96. The van der Waals surface area contributed by atoms with Crippen LogP contribution in [0.5, 0.6) is 0 Å². The van der Waals surface area contributed by atoms with Crippen LogP contribution in [0.1, 0.15) is 42.8 Å². The van der Waals surface area contributed by atoms with Crippen LogP contribution < -0.4 is 5.32 Å².